The van der Waals surface area contributed by atoms with Gasteiger partial charge in [0.25, 0.3) is 5.91 Å². The fraction of sp³-hybridized carbons (Fsp3) is 0.579. The Morgan fingerprint density at radius 3 is 2.54 bits per heavy atom. The maximum atomic E-state index is 12.8. The molecule has 0 aromatic heterocycles. The first kappa shape index (κ1) is 19.2. The van der Waals surface area contributed by atoms with Gasteiger partial charge in [-0.3, -0.25) is 9.59 Å². The van der Waals surface area contributed by atoms with Crippen molar-refractivity contribution in [3.8, 4) is 5.75 Å². The van der Waals surface area contributed by atoms with Crippen molar-refractivity contribution in [3.05, 3.63) is 29.3 Å². The predicted molar refractivity (Wildman–Crippen MR) is 91.7 cm³/mol. The number of hydrogen-bond acceptors (Lipinski definition) is 5. The van der Waals surface area contributed by atoms with Gasteiger partial charge in [-0.05, 0) is 50.3 Å². The number of halogens is 3. The molecule has 0 radical (unpaired) electrons. The van der Waals surface area contributed by atoms with E-state index >= 15 is 0 Å². The summed E-state index contributed by atoms with van der Waals surface area (Å²) in [6.45, 7) is 0. The van der Waals surface area contributed by atoms with Crippen LogP contribution >= 0.6 is 0 Å². The summed E-state index contributed by atoms with van der Waals surface area (Å²) in [5.74, 6) is -1.11. The van der Waals surface area contributed by atoms with E-state index in [4.69, 9.17) is 10.5 Å². The van der Waals surface area contributed by atoms with E-state index in [-0.39, 0.29) is 17.7 Å². The van der Waals surface area contributed by atoms with E-state index in [1.165, 1.54) is 0 Å². The predicted octanol–water partition coefficient (Wildman–Crippen LogP) is 1.93. The maximum absolute atomic E-state index is 12.8. The van der Waals surface area contributed by atoms with Gasteiger partial charge >= 0.3 is 6.18 Å². The molecular weight excluding hydrogens is 377 g/mol. The monoisotopic (exact) mass is 398 g/mol. The lowest BCUT2D eigenvalue weighted by molar-refractivity contribution is -0.138. The van der Waals surface area contributed by atoms with Crippen molar-refractivity contribution in [2.24, 2.45) is 5.73 Å². The number of Topliss-reactive ketones (excluding diaryl/α,β-unsaturated/α-hetero) is 1. The lowest BCUT2D eigenvalue weighted by atomic mass is 9.60. The molecule has 1 amide bonds. The second kappa shape index (κ2) is 6.18. The molecule has 3 aliphatic carbocycles. The maximum Gasteiger partial charge on any atom is 0.416 e. The standard InChI is InChI=1S/C19H21F3N2O4/c20-19(21,22)10-1-2-13-11(7-10)12(25)8-14(28-13)16(27)24-17-3-5-18(23,6-4-17)15(26)9-17/h1-2,7,14-15,26H,3-6,8-9,23H2,(H,24,27)/t14-,15+,17?,18?/m1/s1. The van der Waals surface area contributed by atoms with Crippen molar-refractivity contribution in [1.82, 2.24) is 5.32 Å². The molecule has 3 saturated carbocycles. The quantitative estimate of drug-likeness (QED) is 0.707. The number of ketones is 1. The molecule has 28 heavy (non-hydrogen) atoms. The van der Waals surface area contributed by atoms with Crippen LogP contribution < -0.4 is 15.8 Å². The molecule has 0 spiro atoms. The van der Waals surface area contributed by atoms with Crippen LogP contribution in [0.4, 0.5) is 13.2 Å². The molecule has 6 nitrogen and oxygen atoms in total. The van der Waals surface area contributed by atoms with Gasteiger partial charge < -0.3 is 20.9 Å². The van der Waals surface area contributed by atoms with Crippen molar-refractivity contribution >= 4 is 11.7 Å². The summed E-state index contributed by atoms with van der Waals surface area (Å²) in [5.41, 5.74) is 3.86. The van der Waals surface area contributed by atoms with E-state index in [2.05, 4.69) is 5.32 Å². The number of fused-ring (bicyclic) bond motifs is 4. The van der Waals surface area contributed by atoms with Crippen LogP contribution in [0.1, 0.15) is 54.4 Å². The Balaban J connectivity index is 1.49. The molecule has 0 unspecified atom stereocenters. The van der Waals surface area contributed by atoms with Crippen molar-refractivity contribution in [1.29, 1.82) is 0 Å². The van der Waals surface area contributed by atoms with Crippen LogP contribution in [0.5, 0.6) is 5.75 Å². The third-order valence-electron chi connectivity index (χ3n) is 6.31. The highest BCUT2D eigenvalue weighted by Crippen LogP contribution is 2.46. The number of carbonyl (C=O) groups is 2. The molecule has 152 valence electrons. The fourth-order valence-corrected chi connectivity index (χ4v) is 4.47. The summed E-state index contributed by atoms with van der Waals surface area (Å²) in [4.78, 5) is 25.1. The van der Waals surface area contributed by atoms with Crippen LogP contribution in [0.15, 0.2) is 18.2 Å². The molecule has 9 heteroatoms. The number of rotatable bonds is 2. The van der Waals surface area contributed by atoms with Gasteiger partial charge in [-0.25, -0.2) is 0 Å². The molecule has 1 aromatic carbocycles. The number of aliphatic hydroxyl groups is 1. The van der Waals surface area contributed by atoms with E-state index in [1.807, 2.05) is 0 Å². The summed E-state index contributed by atoms with van der Waals surface area (Å²) >= 11 is 0. The number of ether oxygens (including phenoxy) is 1. The number of carbonyl (C=O) groups excluding carboxylic acids is 2. The molecule has 0 saturated heterocycles. The Labute approximate surface area is 159 Å². The highest BCUT2D eigenvalue weighted by molar-refractivity contribution is 6.03. The number of alkyl halides is 3. The topological polar surface area (TPSA) is 102 Å². The molecule has 1 heterocycles. The van der Waals surface area contributed by atoms with Crippen LogP contribution in [0.3, 0.4) is 0 Å². The molecule has 2 bridgehead atoms. The Kier molecular flexibility index (Phi) is 4.24. The van der Waals surface area contributed by atoms with E-state index < -0.39 is 46.7 Å². The zero-order valence-corrected chi connectivity index (χ0v) is 15.0. The number of aliphatic hydroxyl groups excluding tert-OH is 1. The Morgan fingerprint density at radius 1 is 1.25 bits per heavy atom. The zero-order chi connectivity index (χ0) is 20.3. The zero-order valence-electron chi connectivity index (χ0n) is 15.0. The van der Waals surface area contributed by atoms with Gasteiger partial charge in [0, 0.05) is 11.1 Å². The van der Waals surface area contributed by atoms with E-state index in [0.29, 0.717) is 32.1 Å². The molecule has 1 aliphatic heterocycles. The number of hydrogen-bond donors (Lipinski definition) is 3. The van der Waals surface area contributed by atoms with Crippen LogP contribution in [0, 0.1) is 0 Å². The molecule has 3 fully saturated rings. The van der Waals surface area contributed by atoms with Crippen LogP contribution in [0.2, 0.25) is 0 Å². The van der Waals surface area contributed by atoms with Crippen molar-refractivity contribution < 1.29 is 32.6 Å². The number of benzene rings is 1. The van der Waals surface area contributed by atoms with Gasteiger partial charge in [0.15, 0.2) is 11.9 Å². The Hall–Kier alpha value is -2.13. The third-order valence-corrected chi connectivity index (χ3v) is 6.31. The minimum absolute atomic E-state index is 0.0322. The lowest BCUT2D eigenvalue weighted by Crippen LogP contribution is -2.69. The van der Waals surface area contributed by atoms with Gasteiger partial charge in [-0.15, -0.1) is 0 Å². The van der Waals surface area contributed by atoms with Gasteiger partial charge in [-0.1, -0.05) is 0 Å². The average molecular weight is 398 g/mol. The minimum Gasteiger partial charge on any atom is -0.479 e. The van der Waals surface area contributed by atoms with E-state index in [1.54, 1.807) is 0 Å². The highest BCUT2D eigenvalue weighted by atomic mass is 19.4. The molecule has 4 aliphatic rings. The SMILES string of the molecule is NC12CCC(NC(=O)[C@H]3CC(=O)c4cc(C(F)(F)F)ccc4O3)(CC1)C[C@@H]2O. The van der Waals surface area contributed by atoms with Crippen LogP contribution in [-0.2, 0) is 11.0 Å². The summed E-state index contributed by atoms with van der Waals surface area (Å²) in [7, 11) is 0. The summed E-state index contributed by atoms with van der Waals surface area (Å²) in [6, 6.07) is 2.65. The first-order valence-corrected chi connectivity index (χ1v) is 9.22. The summed E-state index contributed by atoms with van der Waals surface area (Å²) in [5, 5.41) is 13.2. The average Bonchev–Trinajstić information content (AvgIpc) is 2.62. The molecule has 5 rings (SSSR count). The smallest absolute Gasteiger partial charge is 0.416 e. The number of nitrogens with two attached hydrogens (primary N) is 1. The second-order valence-corrected chi connectivity index (χ2v) is 8.17. The van der Waals surface area contributed by atoms with Crippen LogP contribution in [0.25, 0.3) is 0 Å². The lowest BCUT2D eigenvalue weighted by Gasteiger charge is -2.54. The minimum atomic E-state index is -4.57. The molecular formula is C19H21F3N2O4. The van der Waals surface area contributed by atoms with Gasteiger partial charge in [0.1, 0.15) is 5.75 Å². The third kappa shape index (κ3) is 3.16. The molecule has 1 aromatic rings. The Bertz CT molecular complexity index is 831. The largest absolute Gasteiger partial charge is 0.479 e. The van der Waals surface area contributed by atoms with Crippen molar-refractivity contribution in [2.75, 3.05) is 0 Å². The summed E-state index contributed by atoms with van der Waals surface area (Å²) in [6.07, 6.45) is -3.98. The van der Waals surface area contributed by atoms with Crippen molar-refractivity contribution in [3.63, 3.8) is 0 Å². The van der Waals surface area contributed by atoms with Crippen LogP contribution in [-0.4, -0.2) is 40.1 Å². The summed E-state index contributed by atoms with van der Waals surface area (Å²) < 4.78 is 44.1. The normalized spacial score (nSPS) is 34.5. The van der Waals surface area contributed by atoms with E-state index in [9.17, 15) is 27.9 Å². The first-order valence-electron chi connectivity index (χ1n) is 9.22. The fourth-order valence-electron chi connectivity index (χ4n) is 4.47. The highest BCUT2D eigenvalue weighted by Gasteiger charge is 2.53. The van der Waals surface area contributed by atoms with E-state index in [0.717, 1.165) is 18.2 Å². The molecule has 2 atom stereocenters. The van der Waals surface area contributed by atoms with Crippen molar-refractivity contribution in [2.45, 2.75) is 68.0 Å². The van der Waals surface area contributed by atoms with Gasteiger partial charge in [0.05, 0.1) is 23.7 Å². The molecule has 4 N–H and O–H groups in total. The number of amides is 1. The Morgan fingerprint density at radius 2 is 1.93 bits per heavy atom. The second-order valence-electron chi connectivity index (χ2n) is 8.17. The van der Waals surface area contributed by atoms with Gasteiger partial charge in [-0.2, -0.15) is 13.2 Å². The first-order chi connectivity index (χ1) is 13.0. The van der Waals surface area contributed by atoms with Gasteiger partial charge in [0.2, 0.25) is 0 Å². The number of nitrogens with one attached hydrogen (secondary N) is 1.